The van der Waals surface area contributed by atoms with E-state index >= 15 is 0 Å². The van der Waals surface area contributed by atoms with E-state index in [1.54, 1.807) is 29.8 Å². The molecular weight excluding hydrogens is 246 g/mol. The van der Waals surface area contributed by atoms with Crippen molar-refractivity contribution in [1.29, 1.82) is 0 Å². The van der Waals surface area contributed by atoms with Gasteiger partial charge in [0.2, 0.25) is 0 Å². The second-order valence-electron chi connectivity index (χ2n) is 4.20. The maximum Gasteiger partial charge on any atom is 0.0897 e. The van der Waals surface area contributed by atoms with Gasteiger partial charge >= 0.3 is 0 Å². The molecule has 0 aromatic carbocycles. The van der Waals surface area contributed by atoms with Gasteiger partial charge in [-0.2, -0.15) is 0 Å². The molecule has 0 bridgehead atoms. The molecule has 6 heteroatoms. The first-order chi connectivity index (χ1) is 8.69. The number of rotatable bonds is 5. The lowest BCUT2D eigenvalue weighted by Crippen LogP contribution is -2.38. The summed E-state index contributed by atoms with van der Waals surface area (Å²) >= 11 is 1.65. The standard InChI is InChI=1S/C12H17N5S/c1-8-16-11(7-18-8)5-10(17-14)4-9-6-15-3-2-12(9)13/h2-3,6-7,10,17H,4-5,14H2,1H3,(H2,13,15). The van der Waals surface area contributed by atoms with Crippen molar-refractivity contribution in [2.24, 2.45) is 5.84 Å². The number of nitrogens with two attached hydrogens (primary N) is 2. The Labute approximate surface area is 110 Å². The molecule has 2 aromatic heterocycles. The number of hydrogen-bond donors (Lipinski definition) is 3. The Bertz CT molecular complexity index is 511. The Kier molecular flexibility index (Phi) is 4.24. The summed E-state index contributed by atoms with van der Waals surface area (Å²) in [4.78, 5) is 8.52. The molecule has 1 unspecified atom stereocenters. The summed E-state index contributed by atoms with van der Waals surface area (Å²) in [7, 11) is 0. The number of nitrogen functional groups attached to an aromatic ring is 1. The molecule has 0 fully saturated rings. The minimum Gasteiger partial charge on any atom is -0.398 e. The molecule has 0 aliphatic heterocycles. The molecular formula is C12H17N5S. The first kappa shape index (κ1) is 12.9. The van der Waals surface area contributed by atoms with Crippen LogP contribution in [0.25, 0.3) is 0 Å². The summed E-state index contributed by atoms with van der Waals surface area (Å²) in [6, 6.07) is 1.91. The number of hydrogen-bond acceptors (Lipinski definition) is 6. The van der Waals surface area contributed by atoms with Gasteiger partial charge in [-0.15, -0.1) is 11.3 Å². The van der Waals surface area contributed by atoms with E-state index in [1.165, 1.54) is 0 Å². The quantitative estimate of drug-likeness (QED) is 0.554. The number of anilines is 1. The van der Waals surface area contributed by atoms with Crippen molar-refractivity contribution < 1.29 is 0 Å². The van der Waals surface area contributed by atoms with Crippen LogP contribution < -0.4 is 17.0 Å². The summed E-state index contributed by atoms with van der Waals surface area (Å²) in [5, 5.41) is 3.13. The second-order valence-corrected chi connectivity index (χ2v) is 5.27. The Balaban J connectivity index is 2.04. The molecule has 0 saturated carbocycles. The highest BCUT2D eigenvalue weighted by atomic mass is 32.1. The van der Waals surface area contributed by atoms with Gasteiger partial charge in [-0.3, -0.25) is 16.3 Å². The van der Waals surface area contributed by atoms with Crippen LogP contribution in [0, 0.1) is 6.92 Å². The highest BCUT2D eigenvalue weighted by Gasteiger charge is 2.12. The number of nitrogens with zero attached hydrogens (tertiary/aromatic N) is 2. The first-order valence-electron chi connectivity index (χ1n) is 5.74. The molecule has 0 spiro atoms. The van der Waals surface area contributed by atoms with Gasteiger partial charge in [0.1, 0.15) is 0 Å². The summed E-state index contributed by atoms with van der Waals surface area (Å²) in [5.74, 6) is 5.59. The Morgan fingerprint density at radius 2 is 2.28 bits per heavy atom. The van der Waals surface area contributed by atoms with Crippen LogP contribution >= 0.6 is 11.3 Å². The topological polar surface area (TPSA) is 89.8 Å². The third-order valence-corrected chi connectivity index (χ3v) is 3.59. The van der Waals surface area contributed by atoms with Gasteiger partial charge in [0.05, 0.1) is 10.7 Å². The van der Waals surface area contributed by atoms with Gasteiger partial charge in [-0.25, -0.2) is 4.98 Å². The zero-order valence-corrected chi connectivity index (χ0v) is 11.1. The molecule has 18 heavy (non-hydrogen) atoms. The number of nitrogens with one attached hydrogen (secondary N) is 1. The molecule has 5 nitrogen and oxygen atoms in total. The molecule has 96 valence electrons. The van der Waals surface area contributed by atoms with Crippen molar-refractivity contribution in [3.8, 4) is 0 Å². The van der Waals surface area contributed by atoms with E-state index in [0.717, 1.165) is 34.8 Å². The Morgan fingerprint density at radius 1 is 1.44 bits per heavy atom. The molecule has 2 heterocycles. The third-order valence-electron chi connectivity index (χ3n) is 2.77. The zero-order chi connectivity index (χ0) is 13.0. The molecule has 0 radical (unpaired) electrons. The highest BCUT2D eigenvalue weighted by molar-refractivity contribution is 7.09. The molecule has 0 saturated heterocycles. The molecule has 2 rings (SSSR count). The van der Waals surface area contributed by atoms with E-state index in [-0.39, 0.29) is 6.04 Å². The van der Waals surface area contributed by atoms with Gasteiger partial charge in [0, 0.05) is 35.9 Å². The lowest BCUT2D eigenvalue weighted by molar-refractivity contribution is 0.518. The van der Waals surface area contributed by atoms with E-state index in [9.17, 15) is 0 Å². The second kappa shape index (κ2) is 5.90. The maximum atomic E-state index is 5.90. The smallest absolute Gasteiger partial charge is 0.0897 e. The normalized spacial score (nSPS) is 12.6. The van der Waals surface area contributed by atoms with Crippen LogP contribution in [0.1, 0.15) is 16.3 Å². The summed E-state index contributed by atoms with van der Waals surface area (Å²) in [6.07, 6.45) is 5.00. The predicted molar refractivity (Wildman–Crippen MR) is 74.0 cm³/mol. The number of hydrazine groups is 1. The minimum atomic E-state index is 0.109. The minimum absolute atomic E-state index is 0.109. The Hall–Kier alpha value is -1.50. The average molecular weight is 263 g/mol. The number of aromatic nitrogens is 2. The van der Waals surface area contributed by atoms with E-state index in [1.807, 2.05) is 6.92 Å². The van der Waals surface area contributed by atoms with Crippen molar-refractivity contribution in [3.63, 3.8) is 0 Å². The fraction of sp³-hybridized carbons (Fsp3) is 0.333. The van der Waals surface area contributed by atoms with Crippen molar-refractivity contribution in [3.05, 3.63) is 40.1 Å². The van der Waals surface area contributed by atoms with Crippen LogP contribution in [-0.2, 0) is 12.8 Å². The number of aryl methyl sites for hydroxylation is 1. The predicted octanol–water partition coefficient (Wildman–Crippen LogP) is 1.05. The van der Waals surface area contributed by atoms with Gasteiger partial charge in [0.25, 0.3) is 0 Å². The van der Waals surface area contributed by atoms with Gasteiger partial charge in [0.15, 0.2) is 0 Å². The lowest BCUT2D eigenvalue weighted by atomic mass is 10.0. The van der Waals surface area contributed by atoms with Crippen molar-refractivity contribution in [1.82, 2.24) is 15.4 Å². The van der Waals surface area contributed by atoms with Crippen LogP contribution in [0.5, 0.6) is 0 Å². The van der Waals surface area contributed by atoms with Crippen LogP contribution in [0.15, 0.2) is 23.8 Å². The summed E-state index contributed by atoms with van der Waals surface area (Å²) in [5.41, 5.74) is 11.5. The summed E-state index contributed by atoms with van der Waals surface area (Å²) < 4.78 is 0. The van der Waals surface area contributed by atoms with Crippen molar-refractivity contribution in [2.45, 2.75) is 25.8 Å². The van der Waals surface area contributed by atoms with Gasteiger partial charge in [-0.1, -0.05) is 0 Å². The Morgan fingerprint density at radius 3 is 2.89 bits per heavy atom. The summed E-state index contributed by atoms with van der Waals surface area (Å²) in [6.45, 7) is 2.00. The fourth-order valence-corrected chi connectivity index (χ4v) is 2.44. The zero-order valence-electron chi connectivity index (χ0n) is 10.3. The molecule has 0 amide bonds. The van der Waals surface area contributed by atoms with Crippen LogP contribution in [0.4, 0.5) is 5.69 Å². The number of thiazole rings is 1. The SMILES string of the molecule is Cc1nc(CC(Cc2cnccc2N)NN)cs1. The molecule has 1 atom stereocenters. The van der Waals surface area contributed by atoms with E-state index in [0.29, 0.717) is 0 Å². The largest absolute Gasteiger partial charge is 0.398 e. The van der Waals surface area contributed by atoms with Crippen LogP contribution in [0.3, 0.4) is 0 Å². The number of pyridine rings is 1. The van der Waals surface area contributed by atoms with Gasteiger partial charge < -0.3 is 5.73 Å². The molecule has 2 aromatic rings. The molecule has 0 aliphatic rings. The third kappa shape index (κ3) is 3.25. The average Bonchev–Trinajstić information content (AvgIpc) is 2.76. The van der Waals surface area contributed by atoms with E-state index < -0.39 is 0 Å². The van der Waals surface area contributed by atoms with Crippen LogP contribution in [0.2, 0.25) is 0 Å². The monoisotopic (exact) mass is 263 g/mol. The maximum absolute atomic E-state index is 5.90. The van der Waals surface area contributed by atoms with E-state index in [2.05, 4.69) is 20.8 Å². The van der Waals surface area contributed by atoms with Gasteiger partial charge in [-0.05, 0) is 25.0 Å². The van der Waals surface area contributed by atoms with E-state index in [4.69, 9.17) is 11.6 Å². The fourth-order valence-electron chi connectivity index (χ4n) is 1.82. The molecule has 0 aliphatic carbocycles. The first-order valence-corrected chi connectivity index (χ1v) is 6.62. The highest BCUT2D eigenvalue weighted by Crippen LogP contribution is 2.15. The van der Waals surface area contributed by atoms with Crippen molar-refractivity contribution in [2.75, 3.05) is 5.73 Å². The lowest BCUT2D eigenvalue weighted by Gasteiger charge is -2.15. The van der Waals surface area contributed by atoms with Crippen LogP contribution in [-0.4, -0.2) is 16.0 Å². The van der Waals surface area contributed by atoms with Crippen molar-refractivity contribution >= 4 is 17.0 Å². The molecule has 5 N–H and O–H groups in total.